The first kappa shape index (κ1) is 19.9. The predicted molar refractivity (Wildman–Crippen MR) is 110 cm³/mol. The maximum atomic E-state index is 12.1. The number of methoxy groups -OCH3 is 1. The number of hydrogen-bond acceptors (Lipinski definition) is 5. The van der Waals surface area contributed by atoms with E-state index < -0.39 is 5.91 Å². The first-order chi connectivity index (χ1) is 13.5. The van der Waals surface area contributed by atoms with Gasteiger partial charge in [-0.05, 0) is 52.7 Å². The Morgan fingerprint density at radius 3 is 2.75 bits per heavy atom. The number of fused-ring (bicyclic) bond motifs is 1. The number of ether oxygens (including phenoxy) is 2. The van der Waals surface area contributed by atoms with Gasteiger partial charge in [0.2, 0.25) is 5.88 Å². The van der Waals surface area contributed by atoms with Crippen LogP contribution in [-0.2, 0) is 11.3 Å². The van der Waals surface area contributed by atoms with Gasteiger partial charge in [0.15, 0.2) is 12.3 Å². The smallest absolute Gasteiger partial charge is 0.302 e. The van der Waals surface area contributed by atoms with E-state index in [9.17, 15) is 9.90 Å². The van der Waals surface area contributed by atoms with E-state index in [4.69, 9.17) is 9.47 Å². The Balaban J connectivity index is 1.85. The highest BCUT2D eigenvalue weighted by atomic mass is 79.9. The van der Waals surface area contributed by atoms with E-state index in [1.807, 2.05) is 31.2 Å². The molecule has 146 valence electrons. The maximum Gasteiger partial charge on any atom is 0.302 e. The van der Waals surface area contributed by atoms with Crippen molar-refractivity contribution >= 4 is 38.4 Å². The third-order valence-corrected chi connectivity index (χ3v) is 4.77. The van der Waals surface area contributed by atoms with E-state index in [1.165, 1.54) is 0 Å². The lowest BCUT2D eigenvalue weighted by atomic mass is 10.2. The second-order valence-electron chi connectivity index (χ2n) is 6.02. The quantitative estimate of drug-likeness (QED) is 0.505. The topological polar surface area (TPSA) is 85.4 Å². The first-order valence-corrected chi connectivity index (χ1v) is 9.55. The highest BCUT2D eigenvalue weighted by Gasteiger charge is 2.17. The Labute approximate surface area is 170 Å². The van der Waals surface area contributed by atoms with Gasteiger partial charge in [-0.25, -0.2) is 0 Å². The number of benzene rings is 2. The molecule has 0 atom stereocenters. The molecular formula is C20H20BrN3O4. The molecule has 1 aromatic heterocycles. The fourth-order valence-corrected chi connectivity index (χ4v) is 3.21. The summed E-state index contributed by atoms with van der Waals surface area (Å²) in [6.45, 7) is 2.37. The number of aromatic nitrogens is 1. The van der Waals surface area contributed by atoms with Crippen LogP contribution in [-0.4, -0.2) is 29.3 Å². The van der Waals surface area contributed by atoms with E-state index in [0.29, 0.717) is 23.4 Å². The van der Waals surface area contributed by atoms with Crippen LogP contribution in [0.2, 0.25) is 0 Å². The summed E-state index contributed by atoms with van der Waals surface area (Å²) >= 11 is 3.35. The Morgan fingerprint density at radius 2 is 2.04 bits per heavy atom. The van der Waals surface area contributed by atoms with Crippen molar-refractivity contribution in [1.29, 1.82) is 0 Å². The molecule has 0 fully saturated rings. The highest BCUT2D eigenvalue weighted by molar-refractivity contribution is 9.10. The summed E-state index contributed by atoms with van der Waals surface area (Å²) in [7, 11) is 1.56. The van der Waals surface area contributed by atoms with Gasteiger partial charge in [-0.1, -0.05) is 19.1 Å². The van der Waals surface area contributed by atoms with E-state index in [-0.39, 0.29) is 18.2 Å². The fourth-order valence-electron chi connectivity index (χ4n) is 2.81. The van der Waals surface area contributed by atoms with Crippen LogP contribution in [0.5, 0.6) is 17.4 Å². The summed E-state index contributed by atoms with van der Waals surface area (Å²) in [5, 5.41) is 19.0. The van der Waals surface area contributed by atoms with Crippen LogP contribution in [0.4, 0.5) is 5.69 Å². The Morgan fingerprint density at radius 1 is 1.25 bits per heavy atom. The second-order valence-corrected chi connectivity index (χ2v) is 6.87. The summed E-state index contributed by atoms with van der Waals surface area (Å²) in [5.41, 5.74) is 1.03. The average molecular weight is 446 g/mol. The third-order valence-electron chi connectivity index (χ3n) is 4.11. The van der Waals surface area contributed by atoms with Gasteiger partial charge >= 0.3 is 5.91 Å². The zero-order chi connectivity index (χ0) is 20.1. The number of amides is 1. The van der Waals surface area contributed by atoms with Gasteiger partial charge in [-0.2, -0.15) is 0 Å². The van der Waals surface area contributed by atoms with E-state index in [0.717, 1.165) is 16.4 Å². The molecule has 1 amide bonds. The molecule has 0 spiro atoms. The Kier molecular flexibility index (Phi) is 6.30. The maximum absolute atomic E-state index is 12.1. The van der Waals surface area contributed by atoms with Gasteiger partial charge in [-0.15, -0.1) is 10.2 Å². The molecule has 0 aliphatic rings. The summed E-state index contributed by atoms with van der Waals surface area (Å²) in [4.78, 5) is 12.1. The highest BCUT2D eigenvalue weighted by Crippen LogP contribution is 2.40. The third kappa shape index (κ3) is 4.17. The molecule has 0 aliphatic heterocycles. The summed E-state index contributed by atoms with van der Waals surface area (Å²) in [6.07, 6.45) is 0.832. The zero-order valence-corrected chi connectivity index (χ0v) is 17.1. The van der Waals surface area contributed by atoms with Gasteiger partial charge in [0.25, 0.3) is 0 Å². The molecule has 0 saturated heterocycles. The molecule has 0 unspecified atom stereocenters. The molecule has 0 bridgehead atoms. The van der Waals surface area contributed by atoms with Crippen LogP contribution in [0.3, 0.4) is 0 Å². The first-order valence-electron chi connectivity index (χ1n) is 8.76. The van der Waals surface area contributed by atoms with Crippen molar-refractivity contribution < 1.29 is 19.4 Å². The lowest BCUT2D eigenvalue weighted by Crippen LogP contribution is -2.08. The van der Waals surface area contributed by atoms with Gasteiger partial charge in [0.1, 0.15) is 11.5 Å². The molecule has 0 saturated carbocycles. The number of carbonyl (C=O) groups is 1. The molecule has 28 heavy (non-hydrogen) atoms. The Hall–Kier alpha value is -2.87. The number of carbonyl (C=O) groups excluding carboxylic acids is 1. The van der Waals surface area contributed by atoms with Crippen molar-refractivity contribution in [1.82, 2.24) is 4.57 Å². The van der Waals surface area contributed by atoms with Crippen LogP contribution in [0.25, 0.3) is 10.9 Å². The minimum absolute atomic E-state index is 0.0339. The number of aromatic hydroxyl groups is 1. The van der Waals surface area contributed by atoms with E-state index >= 15 is 0 Å². The van der Waals surface area contributed by atoms with Crippen LogP contribution >= 0.6 is 15.9 Å². The minimum atomic E-state index is -0.561. The molecule has 0 radical (unpaired) electrons. The number of para-hydroxylation sites is 1. The van der Waals surface area contributed by atoms with E-state index in [1.54, 1.807) is 29.9 Å². The monoisotopic (exact) mass is 445 g/mol. The minimum Gasteiger partial charge on any atom is -0.497 e. The Bertz CT molecular complexity index is 1030. The number of halogens is 1. The molecule has 3 rings (SSSR count). The van der Waals surface area contributed by atoms with Crippen molar-refractivity contribution in [3.8, 4) is 17.4 Å². The van der Waals surface area contributed by atoms with Crippen LogP contribution in [0.1, 0.15) is 13.3 Å². The number of rotatable bonds is 7. The molecule has 2 aromatic carbocycles. The van der Waals surface area contributed by atoms with Gasteiger partial charge in [0.05, 0.1) is 17.1 Å². The van der Waals surface area contributed by atoms with Gasteiger partial charge in [-0.3, -0.25) is 4.79 Å². The van der Waals surface area contributed by atoms with Crippen LogP contribution in [0.15, 0.2) is 57.2 Å². The lowest BCUT2D eigenvalue weighted by Gasteiger charge is -2.04. The molecule has 1 heterocycles. The average Bonchev–Trinajstić information content (AvgIpc) is 2.96. The molecule has 8 heteroatoms. The fraction of sp³-hybridized carbons (Fsp3) is 0.250. The normalized spacial score (nSPS) is 11.2. The number of azo groups is 1. The molecule has 3 aromatic rings. The number of aryl methyl sites for hydroxylation is 1. The van der Waals surface area contributed by atoms with Crippen LogP contribution in [0, 0.1) is 0 Å². The number of hydrogen-bond donors (Lipinski definition) is 1. The molecule has 1 N–H and O–H groups in total. The lowest BCUT2D eigenvalue weighted by molar-refractivity contribution is -0.120. The van der Waals surface area contributed by atoms with Crippen molar-refractivity contribution in [2.24, 2.45) is 10.2 Å². The summed E-state index contributed by atoms with van der Waals surface area (Å²) in [5.74, 6) is 0.571. The molecule has 7 nitrogen and oxygen atoms in total. The van der Waals surface area contributed by atoms with Crippen molar-refractivity contribution in [3.63, 3.8) is 0 Å². The predicted octanol–water partition coefficient (Wildman–Crippen LogP) is 5.22. The van der Waals surface area contributed by atoms with E-state index in [2.05, 4.69) is 26.2 Å². The summed E-state index contributed by atoms with van der Waals surface area (Å²) in [6, 6.07) is 12.6. The van der Waals surface area contributed by atoms with Crippen molar-refractivity contribution in [3.05, 3.63) is 46.9 Å². The van der Waals surface area contributed by atoms with Crippen molar-refractivity contribution in [2.75, 3.05) is 13.7 Å². The molecular weight excluding hydrogens is 426 g/mol. The molecule has 0 aliphatic carbocycles. The summed E-state index contributed by atoms with van der Waals surface area (Å²) < 4.78 is 13.2. The van der Waals surface area contributed by atoms with Crippen LogP contribution < -0.4 is 9.47 Å². The zero-order valence-electron chi connectivity index (χ0n) is 15.6. The van der Waals surface area contributed by atoms with Gasteiger partial charge < -0.3 is 19.1 Å². The second kappa shape index (κ2) is 8.88. The largest absolute Gasteiger partial charge is 0.497 e. The SMILES string of the molecule is CCCn1c(O)c(N=NC(=O)COc2ccccc2Br)c2cc(OC)ccc21. The number of nitrogens with zero attached hydrogens (tertiary/aromatic N) is 3. The van der Waals surface area contributed by atoms with Gasteiger partial charge in [0, 0.05) is 11.9 Å². The van der Waals surface area contributed by atoms with Crippen molar-refractivity contribution in [2.45, 2.75) is 19.9 Å². The standard InChI is InChI=1S/C20H20BrN3O4/c1-3-10-24-16-9-8-13(27-2)11-14(16)19(20(24)26)23-22-18(25)12-28-17-7-5-4-6-15(17)21/h4-9,11,26H,3,10,12H2,1-2H3.